The summed E-state index contributed by atoms with van der Waals surface area (Å²) in [5, 5.41) is 6.27. The van der Waals surface area contributed by atoms with Crippen LogP contribution >= 0.6 is 0 Å². The van der Waals surface area contributed by atoms with E-state index in [4.69, 9.17) is 5.73 Å². The molecule has 0 saturated heterocycles. The number of hydrogen-bond acceptors (Lipinski definition) is 3. The monoisotopic (exact) mass is 196 g/mol. The summed E-state index contributed by atoms with van der Waals surface area (Å²) in [5.41, 5.74) is 5.40. The predicted octanol–water partition coefficient (Wildman–Crippen LogP) is -0.976. The van der Waals surface area contributed by atoms with Crippen molar-refractivity contribution in [2.45, 2.75) is 13.0 Å². The maximum atomic E-state index is 11.4. The number of carbonyl (C=O) groups is 2. The summed E-state index contributed by atoms with van der Waals surface area (Å²) in [6, 6.07) is -0.678. The minimum Gasteiger partial charge on any atom is -0.368 e. The lowest BCUT2D eigenvalue weighted by atomic mass is 10.3. The third-order valence-electron chi connectivity index (χ3n) is 1.74. The molecule has 0 bridgehead atoms. The normalized spacial score (nSPS) is 12.1. The molecule has 14 heavy (non-hydrogen) atoms. The molecule has 0 aliphatic heterocycles. The molecule has 1 heterocycles. The summed E-state index contributed by atoms with van der Waals surface area (Å²) in [4.78, 5) is 22.1. The number of nitrogens with one attached hydrogen (secondary N) is 1. The third kappa shape index (κ3) is 2.32. The Morgan fingerprint density at radius 1 is 1.64 bits per heavy atom. The van der Waals surface area contributed by atoms with Gasteiger partial charge in [0.05, 0.1) is 11.8 Å². The zero-order valence-corrected chi connectivity index (χ0v) is 8.02. The van der Waals surface area contributed by atoms with Gasteiger partial charge in [-0.15, -0.1) is 0 Å². The van der Waals surface area contributed by atoms with Gasteiger partial charge in [-0.2, -0.15) is 5.10 Å². The maximum Gasteiger partial charge on any atom is 0.255 e. The number of nitrogens with zero attached hydrogens (tertiary/aromatic N) is 2. The number of hydrogen-bond donors (Lipinski definition) is 2. The summed E-state index contributed by atoms with van der Waals surface area (Å²) >= 11 is 0. The summed E-state index contributed by atoms with van der Waals surface area (Å²) < 4.78 is 1.50. The zero-order valence-electron chi connectivity index (χ0n) is 8.02. The Morgan fingerprint density at radius 2 is 2.29 bits per heavy atom. The van der Waals surface area contributed by atoms with Crippen molar-refractivity contribution in [1.29, 1.82) is 0 Å². The van der Waals surface area contributed by atoms with Gasteiger partial charge in [0, 0.05) is 13.2 Å². The molecule has 0 unspecified atom stereocenters. The Labute approximate surface area is 81.1 Å². The van der Waals surface area contributed by atoms with Crippen molar-refractivity contribution < 1.29 is 9.59 Å². The van der Waals surface area contributed by atoms with Crippen molar-refractivity contribution >= 4 is 11.8 Å². The van der Waals surface area contributed by atoms with Crippen LogP contribution in [0.1, 0.15) is 17.3 Å². The Kier molecular flexibility index (Phi) is 2.85. The molecule has 1 aromatic heterocycles. The molecule has 6 nitrogen and oxygen atoms in total. The number of amides is 2. The second kappa shape index (κ2) is 3.91. The molecular formula is C8H12N4O2. The Balaban J connectivity index is 2.63. The van der Waals surface area contributed by atoms with Crippen LogP contribution in [0.15, 0.2) is 12.4 Å². The Morgan fingerprint density at radius 3 is 2.71 bits per heavy atom. The van der Waals surface area contributed by atoms with Gasteiger partial charge in [-0.25, -0.2) is 0 Å². The van der Waals surface area contributed by atoms with E-state index in [0.29, 0.717) is 5.56 Å². The average Bonchev–Trinajstić information content (AvgIpc) is 2.51. The van der Waals surface area contributed by atoms with Crippen molar-refractivity contribution in [3.8, 4) is 0 Å². The number of rotatable bonds is 3. The van der Waals surface area contributed by atoms with E-state index in [2.05, 4.69) is 10.4 Å². The molecule has 2 amide bonds. The van der Waals surface area contributed by atoms with Crippen LogP contribution < -0.4 is 11.1 Å². The first-order chi connectivity index (χ1) is 6.50. The van der Waals surface area contributed by atoms with E-state index < -0.39 is 11.9 Å². The number of primary amides is 1. The van der Waals surface area contributed by atoms with Gasteiger partial charge in [0.1, 0.15) is 6.04 Å². The molecule has 1 aromatic rings. The predicted molar refractivity (Wildman–Crippen MR) is 49.3 cm³/mol. The molecule has 0 aliphatic rings. The fourth-order valence-corrected chi connectivity index (χ4v) is 0.890. The van der Waals surface area contributed by atoms with E-state index in [1.54, 1.807) is 13.2 Å². The van der Waals surface area contributed by atoms with Crippen molar-refractivity contribution in [2.24, 2.45) is 12.8 Å². The van der Waals surface area contributed by atoms with Crippen molar-refractivity contribution in [1.82, 2.24) is 15.1 Å². The second-order valence-electron chi connectivity index (χ2n) is 3.00. The summed E-state index contributed by atoms with van der Waals surface area (Å²) in [7, 11) is 1.70. The third-order valence-corrected chi connectivity index (χ3v) is 1.74. The van der Waals surface area contributed by atoms with Crippen molar-refractivity contribution in [3.05, 3.63) is 18.0 Å². The zero-order chi connectivity index (χ0) is 10.7. The molecule has 0 aliphatic carbocycles. The van der Waals surface area contributed by atoms with Crippen molar-refractivity contribution in [2.75, 3.05) is 0 Å². The number of carbonyl (C=O) groups excluding carboxylic acids is 2. The standard InChI is InChI=1S/C8H12N4O2/c1-5(7(9)13)11-8(14)6-3-10-12(2)4-6/h3-5H,1-2H3,(H2,9,13)(H,11,14)/t5-/m0/s1. The van der Waals surface area contributed by atoms with Crippen LogP contribution in [0.2, 0.25) is 0 Å². The molecule has 76 valence electrons. The van der Waals surface area contributed by atoms with Crippen LogP contribution in [-0.4, -0.2) is 27.6 Å². The van der Waals surface area contributed by atoms with Gasteiger partial charge in [0.25, 0.3) is 5.91 Å². The van der Waals surface area contributed by atoms with Crippen LogP contribution in [0.5, 0.6) is 0 Å². The highest BCUT2D eigenvalue weighted by atomic mass is 16.2. The Bertz CT molecular complexity index is 358. The second-order valence-corrected chi connectivity index (χ2v) is 3.00. The van der Waals surface area contributed by atoms with E-state index in [9.17, 15) is 9.59 Å². The number of nitrogens with two attached hydrogens (primary N) is 1. The first kappa shape index (κ1) is 10.2. The SMILES string of the molecule is C[C@H](NC(=O)c1cnn(C)c1)C(N)=O. The Hall–Kier alpha value is -1.85. The molecule has 0 spiro atoms. The topological polar surface area (TPSA) is 90.0 Å². The summed E-state index contributed by atoms with van der Waals surface area (Å²) in [6.07, 6.45) is 2.98. The minimum absolute atomic E-state index is 0.357. The molecule has 0 radical (unpaired) electrons. The van der Waals surface area contributed by atoms with Gasteiger partial charge in [-0.1, -0.05) is 0 Å². The molecule has 0 saturated carbocycles. The van der Waals surface area contributed by atoms with Crippen LogP contribution in [0.4, 0.5) is 0 Å². The maximum absolute atomic E-state index is 11.4. The molecule has 0 aromatic carbocycles. The molecular weight excluding hydrogens is 184 g/mol. The van der Waals surface area contributed by atoms with E-state index in [0.717, 1.165) is 0 Å². The van der Waals surface area contributed by atoms with E-state index in [1.807, 2.05) is 0 Å². The molecule has 0 fully saturated rings. The van der Waals surface area contributed by atoms with Gasteiger partial charge >= 0.3 is 0 Å². The number of aromatic nitrogens is 2. The molecule has 1 atom stereocenters. The van der Waals surface area contributed by atoms with Gasteiger partial charge < -0.3 is 11.1 Å². The van der Waals surface area contributed by atoms with Crippen LogP contribution in [0.3, 0.4) is 0 Å². The van der Waals surface area contributed by atoms with E-state index >= 15 is 0 Å². The van der Waals surface area contributed by atoms with Gasteiger partial charge in [-0.05, 0) is 6.92 Å². The van der Waals surface area contributed by atoms with Crippen LogP contribution in [-0.2, 0) is 11.8 Å². The first-order valence-corrected chi connectivity index (χ1v) is 4.09. The smallest absolute Gasteiger partial charge is 0.255 e. The van der Waals surface area contributed by atoms with E-state index in [1.165, 1.54) is 17.8 Å². The average molecular weight is 196 g/mol. The molecule has 3 N–H and O–H groups in total. The van der Waals surface area contributed by atoms with Crippen LogP contribution in [0, 0.1) is 0 Å². The lowest BCUT2D eigenvalue weighted by molar-refractivity contribution is -0.119. The minimum atomic E-state index is -0.678. The van der Waals surface area contributed by atoms with Crippen LogP contribution in [0.25, 0.3) is 0 Å². The van der Waals surface area contributed by atoms with Gasteiger partial charge in [-0.3, -0.25) is 14.3 Å². The first-order valence-electron chi connectivity index (χ1n) is 4.09. The quantitative estimate of drug-likeness (QED) is 0.651. The molecule has 1 rings (SSSR count). The summed E-state index contributed by atoms with van der Waals surface area (Å²) in [6.45, 7) is 1.52. The highest BCUT2D eigenvalue weighted by Gasteiger charge is 2.14. The fourth-order valence-electron chi connectivity index (χ4n) is 0.890. The largest absolute Gasteiger partial charge is 0.368 e. The van der Waals surface area contributed by atoms with E-state index in [-0.39, 0.29) is 5.91 Å². The fraction of sp³-hybridized carbons (Fsp3) is 0.375. The highest BCUT2D eigenvalue weighted by molar-refractivity contribution is 5.96. The van der Waals surface area contributed by atoms with Gasteiger partial charge in [0.15, 0.2) is 0 Å². The lowest BCUT2D eigenvalue weighted by Gasteiger charge is -2.08. The van der Waals surface area contributed by atoms with Gasteiger partial charge in [0.2, 0.25) is 5.91 Å². The lowest BCUT2D eigenvalue weighted by Crippen LogP contribution is -2.42. The van der Waals surface area contributed by atoms with Crippen molar-refractivity contribution in [3.63, 3.8) is 0 Å². The number of aryl methyl sites for hydroxylation is 1. The highest BCUT2D eigenvalue weighted by Crippen LogP contribution is 1.96. The summed E-state index contributed by atoms with van der Waals surface area (Å²) in [5.74, 6) is -0.924. The molecule has 6 heteroatoms.